The molecule has 1 aliphatic carbocycles. The van der Waals surface area contributed by atoms with Crippen LogP contribution in [0.2, 0.25) is 0 Å². The van der Waals surface area contributed by atoms with Crippen molar-refractivity contribution in [1.82, 2.24) is 14.5 Å². The average molecular weight is 430 g/mol. The van der Waals surface area contributed by atoms with Crippen LogP contribution in [-0.2, 0) is 14.8 Å². The first kappa shape index (κ1) is 23.1. The minimum atomic E-state index is -3.56. The third kappa shape index (κ3) is 4.87. The number of amides is 1. The summed E-state index contributed by atoms with van der Waals surface area (Å²) in [5, 5.41) is 3.22. The molecule has 1 amide bonds. The number of sulfonamides is 1. The van der Waals surface area contributed by atoms with Crippen molar-refractivity contribution < 1.29 is 13.2 Å². The molecule has 1 heterocycles. The van der Waals surface area contributed by atoms with Gasteiger partial charge in [0, 0.05) is 26.2 Å². The number of benzene rings is 1. The molecule has 0 aromatic heterocycles. The Morgan fingerprint density at radius 3 is 2.07 bits per heavy atom. The molecule has 1 saturated carbocycles. The molecule has 8 heteroatoms. The van der Waals surface area contributed by atoms with E-state index in [4.69, 9.17) is 0 Å². The zero-order valence-electron chi connectivity index (χ0n) is 17.2. The highest BCUT2D eigenvalue weighted by Crippen LogP contribution is 2.29. The van der Waals surface area contributed by atoms with Gasteiger partial charge in [0.05, 0.1) is 11.4 Å². The number of aryl methyl sites for hydroxylation is 2. The van der Waals surface area contributed by atoms with Crippen LogP contribution in [0.1, 0.15) is 35.1 Å². The molecule has 3 rings (SSSR count). The summed E-state index contributed by atoms with van der Waals surface area (Å²) >= 11 is 0. The van der Waals surface area contributed by atoms with Gasteiger partial charge in [-0.1, -0.05) is 6.07 Å². The summed E-state index contributed by atoms with van der Waals surface area (Å²) in [7, 11) is -3.56. The zero-order valence-corrected chi connectivity index (χ0v) is 18.9. The van der Waals surface area contributed by atoms with E-state index in [1.165, 1.54) is 17.1 Å². The normalized spacial score (nSPS) is 18.1. The molecule has 1 aromatic rings. The minimum absolute atomic E-state index is 0. The van der Waals surface area contributed by atoms with Crippen molar-refractivity contribution in [2.75, 3.05) is 39.3 Å². The third-order valence-electron chi connectivity index (χ3n) is 5.89. The highest BCUT2D eigenvalue weighted by molar-refractivity contribution is 7.89. The monoisotopic (exact) mass is 429 g/mol. The van der Waals surface area contributed by atoms with Gasteiger partial charge >= 0.3 is 0 Å². The quantitative estimate of drug-likeness (QED) is 0.752. The number of piperazine rings is 1. The summed E-state index contributed by atoms with van der Waals surface area (Å²) in [6.07, 6.45) is 2.52. The molecular formula is C20H32ClN3O3S. The second kappa shape index (κ2) is 9.11. The molecule has 1 N–H and O–H groups in total. The predicted molar refractivity (Wildman–Crippen MR) is 114 cm³/mol. The SMILES string of the molecule is Cc1cc(C)c(C)c(S(=O)(=O)N2CCN(C(=O)CNCC3CC3)CC2)c1C.Cl. The Morgan fingerprint density at radius 1 is 1.04 bits per heavy atom. The van der Waals surface area contributed by atoms with Gasteiger partial charge in [-0.25, -0.2) is 8.42 Å². The van der Waals surface area contributed by atoms with Crippen LogP contribution in [0, 0.1) is 33.6 Å². The lowest BCUT2D eigenvalue weighted by molar-refractivity contribution is -0.131. The lowest BCUT2D eigenvalue weighted by Crippen LogP contribution is -2.52. The number of nitrogens with one attached hydrogen (secondary N) is 1. The van der Waals surface area contributed by atoms with Crippen LogP contribution in [0.15, 0.2) is 11.0 Å². The second-order valence-corrected chi connectivity index (χ2v) is 9.82. The Labute approximate surface area is 175 Å². The van der Waals surface area contributed by atoms with Crippen molar-refractivity contribution >= 4 is 28.3 Å². The molecule has 158 valence electrons. The van der Waals surface area contributed by atoms with Crippen LogP contribution < -0.4 is 5.32 Å². The number of nitrogens with zero attached hydrogens (tertiary/aromatic N) is 2. The van der Waals surface area contributed by atoms with Crippen molar-refractivity contribution in [2.45, 2.75) is 45.4 Å². The Hall–Kier alpha value is -1.15. The fourth-order valence-electron chi connectivity index (χ4n) is 3.69. The fraction of sp³-hybridized carbons (Fsp3) is 0.650. The average Bonchev–Trinajstić information content (AvgIpc) is 3.44. The van der Waals surface area contributed by atoms with Crippen LogP contribution in [0.25, 0.3) is 0 Å². The van der Waals surface area contributed by atoms with Crippen molar-refractivity contribution in [3.05, 3.63) is 28.3 Å². The number of carbonyl (C=O) groups excluding carboxylic acids is 1. The van der Waals surface area contributed by atoms with Crippen molar-refractivity contribution in [1.29, 1.82) is 0 Å². The summed E-state index contributed by atoms with van der Waals surface area (Å²) in [6.45, 7) is 10.5. The van der Waals surface area contributed by atoms with E-state index in [0.717, 1.165) is 34.7 Å². The van der Waals surface area contributed by atoms with Crippen molar-refractivity contribution in [2.24, 2.45) is 5.92 Å². The molecule has 0 radical (unpaired) electrons. The van der Waals surface area contributed by atoms with Gasteiger partial charge in [0.1, 0.15) is 0 Å². The van der Waals surface area contributed by atoms with Crippen LogP contribution in [0.4, 0.5) is 0 Å². The van der Waals surface area contributed by atoms with E-state index < -0.39 is 10.0 Å². The van der Waals surface area contributed by atoms with Crippen molar-refractivity contribution in [3.63, 3.8) is 0 Å². The Morgan fingerprint density at radius 2 is 1.57 bits per heavy atom. The molecule has 0 spiro atoms. The van der Waals surface area contributed by atoms with E-state index >= 15 is 0 Å². The second-order valence-electron chi connectivity index (χ2n) is 7.95. The number of halogens is 1. The van der Waals surface area contributed by atoms with E-state index in [1.54, 1.807) is 4.90 Å². The molecule has 0 atom stereocenters. The topological polar surface area (TPSA) is 69.7 Å². The molecule has 6 nitrogen and oxygen atoms in total. The first-order valence-electron chi connectivity index (χ1n) is 9.78. The Balaban J connectivity index is 0.00000280. The maximum atomic E-state index is 13.3. The highest BCUT2D eigenvalue weighted by Gasteiger charge is 2.33. The van der Waals surface area contributed by atoms with Gasteiger partial charge in [-0.05, 0) is 75.3 Å². The molecule has 1 aromatic carbocycles. The molecule has 28 heavy (non-hydrogen) atoms. The molecule has 0 bridgehead atoms. The van der Waals surface area contributed by atoms with E-state index in [9.17, 15) is 13.2 Å². The molecule has 1 aliphatic heterocycles. The molecular weight excluding hydrogens is 398 g/mol. The smallest absolute Gasteiger partial charge is 0.243 e. The van der Waals surface area contributed by atoms with Gasteiger partial charge in [0.25, 0.3) is 0 Å². The van der Waals surface area contributed by atoms with Gasteiger partial charge in [0.15, 0.2) is 0 Å². The molecule has 0 unspecified atom stereocenters. The standard InChI is InChI=1S/C20H31N3O3S.ClH/c1-14-11-15(2)17(4)20(16(14)3)27(25,26)23-9-7-22(8-10-23)19(24)13-21-12-18-5-6-18;/h11,18,21H,5-10,12-13H2,1-4H3;1H. The van der Waals surface area contributed by atoms with E-state index in [-0.39, 0.29) is 18.3 Å². The summed E-state index contributed by atoms with van der Waals surface area (Å²) in [6, 6.07) is 2.04. The predicted octanol–water partition coefficient (Wildman–Crippen LogP) is 2.17. The third-order valence-corrected chi connectivity index (χ3v) is 8.07. The van der Waals surface area contributed by atoms with Crippen LogP contribution in [-0.4, -0.2) is 62.8 Å². The lowest BCUT2D eigenvalue weighted by atomic mass is 10.0. The Kier molecular flexibility index (Phi) is 7.53. The van der Waals surface area contributed by atoms with E-state index in [1.807, 2.05) is 33.8 Å². The van der Waals surface area contributed by atoms with Crippen LogP contribution in [0.5, 0.6) is 0 Å². The summed E-state index contributed by atoms with van der Waals surface area (Å²) in [4.78, 5) is 14.5. The highest BCUT2D eigenvalue weighted by atomic mass is 35.5. The van der Waals surface area contributed by atoms with Gasteiger partial charge < -0.3 is 10.2 Å². The van der Waals surface area contributed by atoms with E-state index in [0.29, 0.717) is 37.6 Å². The van der Waals surface area contributed by atoms with Gasteiger partial charge in [0.2, 0.25) is 15.9 Å². The lowest BCUT2D eigenvalue weighted by Gasteiger charge is -2.35. The number of hydrogen-bond acceptors (Lipinski definition) is 4. The number of carbonyl (C=O) groups is 1. The van der Waals surface area contributed by atoms with Crippen molar-refractivity contribution in [3.8, 4) is 0 Å². The van der Waals surface area contributed by atoms with Crippen LogP contribution in [0.3, 0.4) is 0 Å². The maximum absolute atomic E-state index is 13.3. The van der Waals surface area contributed by atoms with Crippen LogP contribution >= 0.6 is 12.4 Å². The summed E-state index contributed by atoms with van der Waals surface area (Å²) in [5.74, 6) is 0.801. The van der Waals surface area contributed by atoms with Gasteiger partial charge in [-0.2, -0.15) is 4.31 Å². The first-order chi connectivity index (χ1) is 12.7. The zero-order chi connectivity index (χ0) is 19.8. The minimum Gasteiger partial charge on any atom is -0.339 e. The first-order valence-corrected chi connectivity index (χ1v) is 11.2. The Bertz CT molecular complexity index is 803. The fourth-order valence-corrected chi connectivity index (χ4v) is 5.69. The summed E-state index contributed by atoms with van der Waals surface area (Å²) in [5.41, 5.74) is 3.63. The summed E-state index contributed by atoms with van der Waals surface area (Å²) < 4.78 is 28.1. The van der Waals surface area contributed by atoms with Gasteiger partial charge in [-0.3, -0.25) is 4.79 Å². The number of rotatable bonds is 6. The molecule has 2 aliphatic rings. The largest absolute Gasteiger partial charge is 0.339 e. The number of hydrogen-bond donors (Lipinski definition) is 1. The molecule has 1 saturated heterocycles. The molecule has 2 fully saturated rings. The van der Waals surface area contributed by atoms with Gasteiger partial charge in [-0.15, -0.1) is 12.4 Å². The maximum Gasteiger partial charge on any atom is 0.243 e. The van der Waals surface area contributed by atoms with E-state index in [2.05, 4.69) is 5.32 Å².